The fourth-order valence-corrected chi connectivity index (χ4v) is 2.56. The van der Waals surface area contributed by atoms with Gasteiger partial charge in [0.05, 0.1) is 0 Å². The summed E-state index contributed by atoms with van der Waals surface area (Å²) in [4.78, 5) is 23.7. The highest BCUT2D eigenvalue weighted by atomic mass is 31.2. The average molecular weight is 297 g/mol. The summed E-state index contributed by atoms with van der Waals surface area (Å²) in [7, 11) is -0.757. The average Bonchev–Trinajstić information content (AvgIpc) is 2.25. The quantitative estimate of drug-likeness (QED) is 0.771. The Morgan fingerprint density at radius 3 is 1.89 bits per heavy atom. The molecule has 0 bridgehead atoms. The van der Waals surface area contributed by atoms with Crippen LogP contribution in [0.3, 0.4) is 0 Å². The molecule has 0 aromatic heterocycles. The van der Waals surface area contributed by atoms with Crippen molar-refractivity contribution in [3.63, 3.8) is 0 Å². The van der Waals surface area contributed by atoms with Crippen LogP contribution in [-0.2, 0) is 23.1 Å². The lowest BCUT2D eigenvalue weighted by Gasteiger charge is -2.30. The molecule has 0 spiro atoms. The van der Waals surface area contributed by atoms with Gasteiger partial charge in [0.15, 0.2) is 0 Å². The van der Waals surface area contributed by atoms with E-state index >= 15 is 0 Å². The molecular weight excluding hydrogens is 277 g/mol. The number of likely N-dealkylation sites (N-methyl/N-ethyl adjacent to an activating group) is 1. The van der Waals surface area contributed by atoms with E-state index in [0.29, 0.717) is 4.90 Å². The number of aliphatic carboxylic acids is 1. The predicted octanol–water partition coefficient (Wildman–Crippen LogP) is 1.75. The van der Waals surface area contributed by atoms with Gasteiger partial charge in [0, 0.05) is 21.3 Å². The molecule has 0 radical (unpaired) electrons. The van der Waals surface area contributed by atoms with Crippen LogP contribution in [0.1, 0.15) is 20.8 Å². The summed E-state index contributed by atoms with van der Waals surface area (Å²) < 4.78 is 26.4. The Balaban J connectivity index is 5.27. The molecule has 8 nitrogen and oxygen atoms in total. The number of carboxylic acids is 1. The van der Waals surface area contributed by atoms with E-state index in [1.54, 1.807) is 20.8 Å². The van der Waals surface area contributed by atoms with E-state index in [9.17, 15) is 14.2 Å². The highest BCUT2D eigenvalue weighted by Crippen LogP contribution is 2.52. The van der Waals surface area contributed by atoms with Gasteiger partial charge in [0.2, 0.25) is 5.78 Å². The number of nitrogens with zero attached hydrogens (tertiary/aromatic N) is 1. The zero-order valence-corrected chi connectivity index (χ0v) is 12.8. The summed E-state index contributed by atoms with van der Waals surface area (Å²) in [5, 5.41) is 9.11. The van der Waals surface area contributed by atoms with Crippen molar-refractivity contribution in [2.75, 3.05) is 21.3 Å². The summed E-state index contributed by atoms with van der Waals surface area (Å²) in [6.45, 7) is 4.88. The Hall–Kier alpha value is -1.11. The van der Waals surface area contributed by atoms with E-state index in [1.165, 1.54) is 0 Å². The van der Waals surface area contributed by atoms with E-state index in [0.717, 1.165) is 21.3 Å². The van der Waals surface area contributed by atoms with E-state index in [2.05, 4.69) is 9.05 Å². The molecule has 0 heterocycles. The summed E-state index contributed by atoms with van der Waals surface area (Å²) >= 11 is 0. The molecule has 0 saturated carbocycles. The first kappa shape index (κ1) is 17.9. The third-order valence-corrected chi connectivity index (χ3v) is 4.26. The minimum absolute atomic E-state index is 0.682. The van der Waals surface area contributed by atoms with Crippen molar-refractivity contribution < 1.29 is 33.0 Å². The van der Waals surface area contributed by atoms with Gasteiger partial charge < -0.3 is 18.9 Å². The van der Waals surface area contributed by atoms with Crippen molar-refractivity contribution in [2.45, 2.75) is 32.2 Å². The normalized spacial score (nSPS) is 13.8. The standard InChI is InChI=1S/C10H20NO7P/c1-10(2,3)18-9(14)11(4)7(8(12)13)19(15,16-5)17-6/h7H,1-6H3,(H,12,13). The van der Waals surface area contributed by atoms with Gasteiger partial charge in [0.1, 0.15) is 5.60 Å². The number of rotatable bonds is 5. The summed E-state index contributed by atoms with van der Waals surface area (Å²) in [6, 6.07) is 0. The van der Waals surface area contributed by atoms with Crippen LogP contribution in [0, 0.1) is 0 Å². The molecule has 19 heavy (non-hydrogen) atoms. The van der Waals surface area contributed by atoms with Crippen molar-refractivity contribution in [3.8, 4) is 0 Å². The van der Waals surface area contributed by atoms with Gasteiger partial charge in [-0.1, -0.05) is 0 Å². The molecule has 0 fully saturated rings. The van der Waals surface area contributed by atoms with Gasteiger partial charge in [-0.05, 0) is 20.8 Å². The molecule has 0 rings (SSSR count). The van der Waals surface area contributed by atoms with Gasteiger partial charge in [-0.25, -0.2) is 9.59 Å². The molecule has 9 heteroatoms. The second-order valence-electron chi connectivity index (χ2n) is 4.71. The second kappa shape index (κ2) is 6.36. The van der Waals surface area contributed by atoms with Gasteiger partial charge in [0.25, 0.3) is 0 Å². The molecule has 112 valence electrons. The molecule has 0 aliphatic carbocycles. The lowest BCUT2D eigenvalue weighted by molar-refractivity contribution is -0.140. The second-order valence-corrected chi connectivity index (χ2v) is 7.01. The SMILES string of the molecule is COP(=O)(OC)C(C(=O)O)N(C)C(=O)OC(C)(C)C. The van der Waals surface area contributed by atoms with Crippen LogP contribution in [-0.4, -0.2) is 54.7 Å². The first-order valence-corrected chi connectivity index (χ1v) is 6.99. The number of ether oxygens (including phenoxy) is 1. The summed E-state index contributed by atoms with van der Waals surface area (Å²) in [6.07, 6.45) is -0.936. The van der Waals surface area contributed by atoms with Crippen molar-refractivity contribution >= 4 is 19.7 Å². The van der Waals surface area contributed by atoms with Crippen molar-refractivity contribution in [1.29, 1.82) is 0 Å². The molecule has 1 amide bonds. The zero-order valence-electron chi connectivity index (χ0n) is 11.9. The number of carboxylic acid groups (broad SMARTS) is 1. The smallest absolute Gasteiger partial charge is 0.411 e. The third-order valence-electron chi connectivity index (χ3n) is 2.08. The zero-order chi connectivity index (χ0) is 15.4. The molecule has 0 aromatic carbocycles. The molecular formula is C10H20NO7P. The van der Waals surface area contributed by atoms with Crippen LogP contribution in [0.5, 0.6) is 0 Å². The Labute approximate surface area is 112 Å². The summed E-state index contributed by atoms with van der Waals surface area (Å²) in [5.41, 5.74) is -0.807. The minimum Gasteiger partial charge on any atom is -0.479 e. The monoisotopic (exact) mass is 297 g/mol. The molecule has 1 N–H and O–H groups in total. The fourth-order valence-electron chi connectivity index (χ4n) is 1.22. The van der Waals surface area contributed by atoms with Crippen LogP contribution in [0.15, 0.2) is 0 Å². The lowest BCUT2D eigenvalue weighted by atomic mass is 10.2. The Bertz CT molecular complexity index is 382. The molecule has 1 unspecified atom stereocenters. The van der Waals surface area contributed by atoms with Crippen LogP contribution in [0.25, 0.3) is 0 Å². The third kappa shape index (κ3) is 4.81. The highest BCUT2D eigenvalue weighted by molar-refractivity contribution is 7.55. The molecule has 0 saturated heterocycles. The van der Waals surface area contributed by atoms with E-state index in [1.807, 2.05) is 0 Å². The maximum Gasteiger partial charge on any atom is 0.411 e. The number of amides is 1. The number of carbonyl (C=O) groups is 2. The van der Waals surface area contributed by atoms with Gasteiger partial charge >= 0.3 is 19.7 Å². The van der Waals surface area contributed by atoms with Gasteiger partial charge in [-0.2, -0.15) is 0 Å². The van der Waals surface area contributed by atoms with Crippen molar-refractivity contribution in [3.05, 3.63) is 0 Å². The van der Waals surface area contributed by atoms with Crippen LogP contribution >= 0.6 is 7.60 Å². The maximum atomic E-state index is 12.1. The lowest BCUT2D eigenvalue weighted by Crippen LogP contribution is -2.45. The first-order valence-electron chi connectivity index (χ1n) is 5.38. The van der Waals surface area contributed by atoms with Crippen molar-refractivity contribution in [1.82, 2.24) is 4.90 Å². The topological polar surface area (TPSA) is 102 Å². The largest absolute Gasteiger partial charge is 0.479 e. The molecule has 1 atom stereocenters. The summed E-state index contributed by atoms with van der Waals surface area (Å²) in [5.74, 6) is -3.29. The van der Waals surface area contributed by atoms with Crippen LogP contribution in [0.2, 0.25) is 0 Å². The van der Waals surface area contributed by atoms with E-state index in [-0.39, 0.29) is 0 Å². The number of hydrogen-bond acceptors (Lipinski definition) is 6. The maximum absolute atomic E-state index is 12.1. The Kier molecular flexibility index (Phi) is 5.99. The first-order chi connectivity index (χ1) is 8.48. The molecule has 0 aromatic rings. The number of hydrogen-bond donors (Lipinski definition) is 1. The van der Waals surface area contributed by atoms with Gasteiger partial charge in [-0.15, -0.1) is 0 Å². The fraction of sp³-hybridized carbons (Fsp3) is 0.800. The van der Waals surface area contributed by atoms with E-state index < -0.39 is 31.0 Å². The predicted molar refractivity (Wildman–Crippen MR) is 67.0 cm³/mol. The highest BCUT2D eigenvalue weighted by Gasteiger charge is 2.46. The van der Waals surface area contributed by atoms with Crippen LogP contribution in [0.4, 0.5) is 4.79 Å². The Morgan fingerprint density at radius 1 is 1.21 bits per heavy atom. The van der Waals surface area contributed by atoms with Crippen LogP contribution < -0.4 is 0 Å². The van der Waals surface area contributed by atoms with E-state index in [4.69, 9.17) is 9.84 Å². The molecule has 0 aliphatic heterocycles. The van der Waals surface area contributed by atoms with Crippen molar-refractivity contribution in [2.24, 2.45) is 0 Å². The minimum atomic E-state index is -4.00. The molecule has 0 aliphatic rings. The number of carbonyl (C=O) groups excluding carboxylic acids is 1. The van der Waals surface area contributed by atoms with Gasteiger partial charge in [-0.3, -0.25) is 9.46 Å². The Morgan fingerprint density at radius 2 is 1.63 bits per heavy atom.